The SMILES string of the molecule is COCC(O)CCNC(=O)CCBr. The van der Waals surface area contributed by atoms with E-state index in [4.69, 9.17) is 4.74 Å². The lowest BCUT2D eigenvalue weighted by Gasteiger charge is -2.09. The highest BCUT2D eigenvalue weighted by molar-refractivity contribution is 9.09. The van der Waals surface area contributed by atoms with Gasteiger partial charge in [0.25, 0.3) is 0 Å². The summed E-state index contributed by atoms with van der Waals surface area (Å²) in [6, 6.07) is 0. The predicted octanol–water partition coefficient (Wildman–Crippen LogP) is 0.285. The van der Waals surface area contributed by atoms with Gasteiger partial charge in [0.2, 0.25) is 5.91 Å². The molecule has 0 aliphatic rings. The third-order valence-corrected chi connectivity index (χ3v) is 1.88. The number of rotatable bonds is 7. The molecule has 0 radical (unpaired) electrons. The highest BCUT2D eigenvalue weighted by Gasteiger charge is 2.04. The fraction of sp³-hybridized carbons (Fsp3) is 0.875. The van der Waals surface area contributed by atoms with Gasteiger partial charge in [-0.15, -0.1) is 0 Å². The summed E-state index contributed by atoms with van der Waals surface area (Å²) in [6.45, 7) is 0.810. The van der Waals surface area contributed by atoms with Gasteiger partial charge in [0, 0.05) is 25.4 Å². The minimum atomic E-state index is -0.491. The zero-order chi connectivity index (χ0) is 10.1. The molecule has 0 heterocycles. The average Bonchev–Trinajstić information content (AvgIpc) is 2.05. The molecule has 0 aromatic rings. The lowest BCUT2D eigenvalue weighted by molar-refractivity contribution is -0.120. The second-order valence-corrected chi connectivity index (χ2v) is 3.48. The van der Waals surface area contributed by atoms with Crippen molar-refractivity contribution in [2.45, 2.75) is 18.9 Å². The van der Waals surface area contributed by atoms with Gasteiger partial charge in [-0.2, -0.15) is 0 Å². The predicted molar refractivity (Wildman–Crippen MR) is 53.9 cm³/mol. The van der Waals surface area contributed by atoms with Gasteiger partial charge < -0.3 is 15.2 Å². The van der Waals surface area contributed by atoms with Crippen LogP contribution < -0.4 is 5.32 Å². The monoisotopic (exact) mass is 253 g/mol. The van der Waals surface area contributed by atoms with Gasteiger partial charge in [0.05, 0.1) is 12.7 Å². The van der Waals surface area contributed by atoms with E-state index in [1.165, 1.54) is 7.11 Å². The Hall–Kier alpha value is -0.130. The highest BCUT2D eigenvalue weighted by atomic mass is 79.9. The zero-order valence-electron chi connectivity index (χ0n) is 7.75. The van der Waals surface area contributed by atoms with Crippen LogP contribution in [0.4, 0.5) is 0 Å². The van der Waals surface area contributed by atoms with E-state index < -0.39 is 6.10 Å². The van der Waals surface area contributed by atoms with Crippen LogP contribution in [0, 0.1) is 0 Å². The number of aliphatic hydroxyl groups excluding tert-OH is 1. The molecule has 5 heteroatoms. The number of hydrogen-bond donors (Lipinski definition) is 2. The molecule has 0 rings (SSSR count). The zero-order valence-corrected chi connectivity index (χ0v) is 9.34. The molecule has 0 spiro atoms. The molecule has 0 aromatic heterocycles. The number of carbonyl (C=O) groups is 1. The van der Waals surface area contributed by atoms with Crippen LogP contribution in [0.5, 0.6) is 0 Å². The Morgan fingerprint density at radius 1 is 1.69 bits per heavy atom. The van der Waals surface area contributed by atoms with Crippen molar-refractivity contribution in [3.8, 4) is 0 Å². The second kappa shape index (κ2) is 8.47. The summed E-state index contributed by atoms with van der Waals surface area (Å²) in [5.74, 6) is 0.00138. The molecular formula is C8H16BrNO3. The molecule has 2 N–H and O–H groups in total. The lowest BCUT2D eigenvalue weighted by atomic mass is 10.2. The molecule has 0 bridgehead atoms. The summed E-state index contributed by atoms with van der Waals surface area (Å²) in [6.07, 6.45) is 0.511. The molecule has 0 aromatic carbocycles. The van der Waals surface area contributed by atoms with E-state index in [1.54, 1.807) is 0 Å². The summed E-state index contributed by atoms with van der Waals surface area (Å²) >= 11 is 3.17. The van der Waals surface area contributed by atoms with Crippen LogP contribution in [-0.4, -0.2) is 42.7 Å². The molecule has 1 atom stereocenters. The van der Waals surface area contributed by atoms with Gasteiger partial charge in [-0.05, 0) is 6.42 Å². The molecule has 0 saturated carbocycles. The lowest BCUT2D eigenvalue weighted by Crippen LogP contribution is -2.28. The first kappa shape index (κ1) is 12.9. The Morgan fingerprint density at radius 2 is 2.38 bits per heavy atom. The minimum absolute atomic E-state index is 0.00138. The van der Waals surface area contributed by atoms with Crippen LogP contribution in [-0.2, 0) is 9.53 Å². The normalized spacial score (nSPS) is 12.5. The van der Waals surface area contributed by atoms with Crippen LogP contribution >= 0.6 is 15.9 Å². The summed E-state index contributed by atoms with van der Waals surface area (Å²) in [4.78, 5) is 10.9. The largest absolute Gasteiger partial charge is 0.391 e. The van der Waals surface area contributed by atoms with E-state index in [0.29, 0.717) is 31.3 Å². The van der Waals surface area contributed by atoms with E-state index in [-0.39, 0.29) is 5.91 Å². The van der Waals surface area contributed by atoms with Crippen molar-refractivity contribution >= 4 is 21.8 Å². The molecule has 13 heavy (non-hydrogen) atoms. The fourth-order valence-electron chi connectivity index (χ4n) is 0.828. The first-order chi connectivity index (χ1) is 6.20. The highest BCUT2D eigenvalue weighted by Crippen LogP contribution is 1.91. The second-order valence-electron chi connectivity index (χ2n) is 2.69. The van der Waals surface area contributed by atoms with Gasteiger partial charge in [-0.1, -0.05) is 15.9 Å². The van der Waals surface area contributed by atoms with Crippen LogP contribution in [0.1, 0.15) is 12.8 Å². The van der Waals surface area contributed by atoms with Gasteiger partial charge >= 0.3 is 0 Å². The maximum absolute atomic E-state index is 10.9. The smallest absolute Gasteiger partial charge is 0.220 e. The Kier molecular flexibility index (Phi) is 8.38. The molecule has 0 aliphatic heterocycles. The van der Waals surface area contributed by atoms with E-state index in [1.807, 2.05) is 0 Å². The van der Waals surface area contributed by atoms with Crippen LogP contribution in [0.3, 0.4) is 0 Å². The third-order valence-electron chi connectivity index (χ3n) is 1.48. The van der Waals surface area contributed by atoms with E-state index in [9.17, 15) is 9.90 Å². The number of halogens is 1. The molecule has 78 valence electrons. The van der Waals surface area contributed by atoms with Gasteiger partial charge in [0.1, 0.15) is 0 Å². The van der Waals surface area contributed by atoms with Crippen molar-refractivity contribution < 1.29 is 14.6 Å². The molecule has 4 nitrogen and oxygen atoms in total. The number of hydrogen-bond acceptors (Lipinski definition) is 3. The Morgan fingerprint density at radius 3 is 2.92 bits per heavy atom. The van der Waals surface area contributed by atoms with Crippen molar-refractivity contribution in [2.24, 2.45) is 0 Å². The first-order valence-corrected chi connectivity index (χ1v) is 5.32. The maximum atomic E-state index is 10.9. The Labute approximate surface area is 86.8 Å². The van der Waals surface area contributed by atoms with E-state index in [2.05, 4.69) is 21.2 Å². The Bertz CT molecular complexity index is 143. The maximum Gasteiger partial charge on any atom is 0.220 e. The molecule has 0 saturated heterocycles. The molecular weight excluding hydrogens is 238 g/mol. The summed E-state index contributed by atoms with van der Waals surface area (Å²) in [5.41, 5.74) is 0. The summed E-state index contributed by atoms with van der Waals surface area (Å²) < 4.78 is 4.74. The van der Waals surface area contributed by atoms with Crippen LogP contribution in [0.2, 0.25) is 0 Å². The topological polar surface area (TPSA) is 58.6 Å². The molecule has 1 amide bonds. The van der Waals surface area contributed by atoms with Crippen molar-refractivity contribution in [2.75, 3.05) is 25.6 Å². The standard InChI is InChI=1S/C8H16BrNO3/c1-13-6-7(11)3-5-10-8(12)2-4-9/h7,11H,2-6H2,1H3,(H,10,12). The van der Waals surface area contributed by atoms with Crippen LogP contribution in [0.25, 0.3) is 0 Å². The fourth-order valence-corrected chi connectivity index (χ4v) is 1.19. The quantitative estimate of drug-likeness (QED) is 0.642. The van der Waals surface area contributed by atoms with Crippen molar-refractivity contribution in [1.29, 1.82) is 0 Å². The van der Waals surface area contributed by atoms with E-state index >= 15 is 0 Å². The van der Waals surface area contributed by atoms with Crippen molar-refractivity contribution in [3.05, 3.63) is 0 Å². The number of nitrogens with one attached hydrogen (secondary N) is 1. The number of alkyl halides is 1. The summed E-state index contributed by atoms with van der Waals surface area (Å²) in [7, 11) is 1.53. The molecule has 1 unspecified atom stereocenters. The van der Waals surface area contributed by atoms with E-state index in [0.717, 1.165) is 0 Å². The number of carbonyl (C=O) groups excluding carboxylic acids is 1. The van der Waals surface area contributed by atoms with Crippen molar-refractivity contribution in [1.82, 2.24) is 5.32 Å². The van der Waals surface area contributed by atoms with Gasteiger partial charge in [-0.25, -0.2) is 0 Å². The van der Waals surface area contributed by atoms with Crippen molar-refractivity contribution in [3.63, 3.8) is 0 Å². The average molecular weight is 254 g/mol. The minimum Gasteiger partial charge on any atom is -0.391 e. The number of methoxy groups -OCH3 is 1. The Balaban J connectivity index is 3.28. The van der Waals surface area contributed by atoms with Crippen LogP contribution in [0.15, 0.2) is 0 Å². The number of ether oxygens (including phenoxy) is 1. The number of amides is 1. The number of aliphatic hydroxyl groups is 1. The third kappa shape index (κ3) is 8.21. The molecule has 0 aliphatic carbocycles. The molecule has 0 fully saturated rings. The summed E-state index contributed by atoms with van der Waals surface area (Å²) in [5, 5.41) is 12.6. The van der Waals surface area contributed by atoms with Gasteiger partial charge in [0.15, 0.2) is 0 Å². The van der Waals surface area contributed by atoms with Gasteiger partial charge in [-0.3, -0.25) is 4.79 Å². The first-order valence-electron chi connectivity index (χ1n) is 4.20.